The van der Waals surface area contributed by atoms with Crippen LogP contribution < -0.4 is 4.90 Å². The molecule has 6 nitrogen and oxygen atoms in total. The van der Waals surface area contributed by atoms with Crippen LogP contribution in [0.2, 0.25) is 0 Å². The molecule has 0 radical (unpaired) electrons. The summed E-state index contributed by atoms with van der Waals surface area (Å²) in [6, 6.07) is 5.75. The third kappa shape index (κ3) is 6.11. The number of hydrogen-bond acceptors (Lipinski definition) is 5. The number of esters is 1. The number of ketones is 1. The number of methoxy groups -OCH3 is 1. The largest absolute Gasteiger partial charge is 0.465 e. The third-order valence-corrected chi connectivity index (χ3v) is 3.00. The van der Waals surface area contributed by atoms with Gasteiger partial charge < -0.3 is 9.47 Å². The Bertz CT molecular complexity index is 723. The molecular formula is C17H18ClF2NO5. The van der Waals surface area contributed by atoms with Gasteiger partial charge in [0.1, 0.15) is 5.60 Å². The lowest BCUT2D eigenvalue weighted by Crippen LogP contribution is -2.34. The number of allylic oxidation sites excluding steroid dienone is 1. The summed E-state index contributed by atoms with van der Waals surface area (Å²) >= 11 is 4.66. The zero-order valence-electron chi connectivity index (χ0n) is 14.6. The van der Waals surface area contributed by atoms with Crippen molar-refractivity contribution in [3.63, 3.8) is 0 Å². The van der Waals surface area contributed by atoms with Crippen LogP contribution in [0.5, 0.6) is 0 Å². The minimum absolute atomic E-state index is 0.0180. The molecule has 0 aliphatic carbocycles. The predicted octanol–water partition coefficient (Wildman–Crippen LogP) is 4.13. The summed E-state index contributed by atoms with van der Waals surface area (Å²) in [6.07, 6.45) is 0.190. The molecule has 0 saturated carbocycles. The summed E-state index contributed by atoms with van der Waals surface area (Å²) in [5, 5.41) is -4.13. The Morgan fingerprint density at radius 3 is 2.23 bits per heavy atom. The van der Waals surface area contributed by atoms with Crippen LogP contribution in [0.1, 0.15) is 31.1 Å². The Kier molecular flexibility index (Phi) is 6.86. The molecule has 1 amide bonds. The molecule has 0 bridgehead atoms. The molecule has 0 fully saturated rings. The molecule has 1 rings (SSSR count). The highest BCUT2D eigenvalue weighted by Gasteiger charge is 2.34. The average molecular weight is 390 g/mol. The van der Waals surface area contributed by atoms with Crippen molar-refractivity contribution in [2.45, 2.75) is 31.8 Å². The molecule has 0 aliphatic heterocycles. The minimum Gasteiger partial charge on any atom is -0.465 e. The molecule has 26 heavy (non-hydrogen) atoms. The topological polar surface area (TPSA) is 72.9 Å². The van der Waals surface area contributed by atoms with Crippen LogP contribution in [-0.2, 0) is 14.3 Å². The number of amides is 1. The molecule has 1 aromatic carbocycles. The Morgan fingerprint density at radius 1 is 1.15 bits per heavy atom. The van der Waals surface area contributed by atoms with E-state index >= 15 is 0 Å². The number of nitrogens with zero attached hydrogens (tertiary/aromatic N) is 1. The van der Waals surface area contributed by atoms with Crippen LogP contribution in [0.4, 0.5) is 19.3 Å². The van der Waals surface area contributed by atoms with Gasteiger partial charge >= 0.3 is 17.4 Å². The Balaban J connectivity index is 3.38. The van der Waals surface area contributed by atoms with Crippen molar-refractivity contribution in [1.29, 1.82) is 0 Å². The van der Waals surface area contributed by atoms with Crippen LogP contribution in [0, 0.1) is 0 Å². The number of para-hydroxylation sites is 1. The van der Waals surface area contributed by atoms with Crippen molar-refractivity contribution in [1.82, 2.24) is 0 Å². The number of rotatable bonds is 5. The van der Waals surface area contributed by atoms with Crippen molar-refractivity contribution in [3.8, 4) is 0 Å². The van der Waals surface area contributed by atoms with E-state index in [0.717, 1.165) is 18.2 Å². The molecule has 0 unspecified atom stereocenters. The Hall–Kier alpha value is -2.48. The van der Waals surface area contributed by atoms with E-state index in [9.17, 15) is 23.2 Å². The zero-order chi connectivity index (χ0) is 20.1. The van der Waals surface area contributed by atoms with Crippen LogP contribution in [-0.4, -0.2) is 35.9 Å². The second-order valence-corrected chi connectivity index (χ2v) is 6.51. The SMILES string of the molecule is COC(=O)c1ccccc1N(/C=C/C(=O)C(F)(F)Cl)C(=O)OC(C)(C)C. The van der Waals surface area contributed by atoms with E-state index in [4.69, 9.17) is 4.74 Å². The predicted molar refractivity (Wildman–Crippen MR) is 91.4 cm³/mol. The van der Waals surface area contributed by atoms with Gasteiger partial charge in [0.15, 0.2) is 0 Å². The number of ether oxygens (including phenoxy) is 2. The van der Waals surface area contributed by atoms with Gasteiger partial charge in [-0.1, -0.05) is 12.1 Å². The van der Waals surface area contributed by atoms with E-state index in [-0.39, 0.29) is 11.3 Å². The molecule has 0 saturated heterocycles. The molecule has 0 spiro atoms. The van der Waals surface area contributed by atoms with E-state index < -0.39 is 28.8 Å². The quantitative estimate of drug-likeness (QED) is 0.430. The van der Waals surface area contributed by atoms with Gasteiger partial charge in [-0.25, -0.2) is 9.59 Å². The highest BCUT2D eigenvalue weighted by molar-refractivity contribution is 6.34. The van der Waals surface area contributed by atoms with E-state index in [2.05, 4.69) is 16.3 Å². The monoisotopic (exact) mass is 389 g/mol. The standard InChI is InChI=1S/C17H18ClF2NO5/c1-16(2,3)26-15(24)21(10-9-13(22)17(18,19)20)12-8-6-5-7-11(12)14(23)25-4/h5-10H,1-4H3/b10-9+. The summed E-state index contributed by atoms with van der Waals surface area (Å²) in [7, 11) is 1.14. The molecule has 142 valence electrons. The summed E-state index contributed by atoms with van der Waals surface area (Å²) in [4.78, 5) is 36.5. The number of alkyl halides is 3. The fourth-order valence-electron chi connectivity index (χ4n) is 1.75. The average Bonchev–Trinajstić information content (AvgIpc) is 2.52. The lowest BCUT2D eigenvalue weighted by atomic mass is 10.1. The molecular weight excluding hydrogens is 372 g/mol. The zero-order valence-corrected chi connectivity index (χ0v) is 15.3. The van der Waals surface area contributed by atoms with Gasteiger partial charge in [-0.05, 0) is 44.5 Å². The van der Waals surface area contributed by atoms with Gasteiger partial charge in [0.25, 0.3) is 0 Å². The second kappa shape index (κ2) is 8.27. The van der Waals surface area contributed by atoms with Crippen LogP contribution in [0.25, 0.3) is 0 Å². The molecule has 0 aliphatic rings. The maximum absolute atomic E-state index is 12.9. The maximum atomic E-state index is 12.9. The summed E-state index contributed by atoms with van der Waals surface area (Å²) < 4.78 is 35.5. The summed E-state index contributed by atoms with van der Waals surface area (Å²) in [5.41, 5.74) is -0.963. The smallest absolute Gasteiger partial charge is 0.418 e. The Labute approximate surface area is 154 Å². The molecule has 9 heteroatoms. The summed E-state index contributed by atoms with van der Waals surface area (Å²) in [5.74, 6) is -2.50. The lowest BCUT2D eigenvalue weighted by Gasteiger charge is -2.26. The number of carbonyl (C=O) groups excluding carboxylic acids is 3. The summed E-state index contributed by atoms with van der Waals surface area (Å²) in [6.45, 7) is 4.78. The van der Waals surface area contributed by atoms with Gasteiger partial charge in [0.05, 0.1) is 18.4 Å². The van der Waals surface area contributed by atoms with E-state index in [1.807, 2.05) is 0 Å². The van der Waals surface area contributed by atoms with Gasteiger partial charge in [0.2, 0.25) is 5.78 Å². The fourth-order valence-corrected chi connectivity index (χ4v) is 1.82. The highest BCUT2D eigenvalue weighted by Crippen LogP contribution is 2.25. The maximum Gasteiger partial charge on any atom is 0.418 e. The number of hydrogen-bond donors (Lipinski definition) is 0. The van der Waals surface area contributed by atoms with Crippen molar-refractivity contribution in [2.75, 3.05) is 12.0 Å². The van der Waals surface area contributed by atoms with Gasteiger partial charge in [0, 0.05) is 12.3 Å². The minimum atomic E-state index is -4.13. The highest BCUT2D eigenvalue weighted by atomic mass is 35.5. The molecule has 0 N–H and O–H groups in total. The van der Waals surface area contributed by atoms with Crippen molar-refractivity contribution in [2.24, 2.45) is 0 Å². The second-order valence-electron chi connectivity index (χ2n) is 6.04. The van der Waals surface area contributed by atoms with E-state index in [0.29, 0.717) is 6.08 Å². The van der Waals surface area contributed by atoms with Gasteiger partial charge in [-0.2, -0.15) is 8.78 Å². The van der Waals surface area contributed by atoms with Crippen LogP contribution in [0.3, 0.4) is 0 Å². The fraction of sp³-hybridized carbons (Fsp3) is 0.353. The van der Waals surface area contributed by atoms with Gasteiger partial charge in [-0.3, -0.25) is 9.69 Å². The normalized spacial score (nSPS) is 12.0. The first kappa shape index (κ1) is 21.6. The molecule has 1 aromatic rings. The van der Waals surface area contributed by atoms with E-state index in [1.165, 1.54) is 24.3 Å². The lowest BCUT2D eigenvalue weighted by molar-refractivity contribution is -0.128. The Morgan fingerprint density at radius 2 is 1.73 bits per heavy atom. The molecule has 0 heterocycles. The van der Waals surface area contributed by atoms with Crippen LogP contribution in [0.15, 0.2) is 36.5 Å². The third-order valence-electron chi connectivity index (χ3n) is 2.81. The first-order valence-electron chi connectivity index (χ1n) is 7.35. The molecule has 0 aromatic heterocycles. The first-order valence-corrected chi connectivity index (χ1v) is 7.73. The van der Waals surface area contributed by atoms with Crippen molar-refractivity contribution >= 4 is 35.1 Å². The number of halogens is 3. The number of anilines is 1. The number of benzene rings is 1. The van der Waals surface area contributed by atoms with E-state index in [1.54, 1.807) is 20.8 Å². The first-order chi connectivity index (χ1) is 11.9. The number of carbonyl (C=O) groups is 3. The van der Waals surface area contributed by atoms with Crippen molar-refractivity contribution in [3.05, 3.63) is 42.1 Å². The molecule has 0 atom stereocenters. The van der Waals surface area contributed by atoms with Crippen LogP contribution >= 0.6 is 11.6 Å². The van der Waals surface area contributed by atoms with Gasteiger partial charge in [-0.15, -0.1) is 0 Å². The van der Waals surface area contributed by atoms with Crippen molar-refractivity contribution < 1.29 is 32.6 Å².